The zero-order valence-corrected chi connectivity index (χ0v) is 8.68. The van der Waals surface area contributed by atoms with Crippen molar-refractivity contribution in [1.29, 1.82) is 0 Å². The van der Waals surface area contributed by atoms with Crippen molar-refractivity contribution in [2.45, 2.75) is 13.8 Å². The van der Waals surface area contributed by atoms with Gasteiger partial charge in [0, 0.05) is 0 Å². The van der Waals surface area contributed by atoms with Crippen molar-refractivity contribution < 1.29 is 36.1 Å². The Morgan fingerprint density at radius 1 is 1.20 bits per heavy atom. The molecule has 1 rings (SSSR count). The molecule has 1 aromatic rings. The van der Waals surface area contributed by atoms with Gasteiger partial charge in [0.2, 0.25) is 0 Å². The van der Waals surface area contributed by atoms with Crippen molar-refractivity contribution in [3.63, 3.8) is 0 Å². The van der Waals surface area contributed by atoms with E-state index in [0.717, 1.165) is 11.1 Å². The smallest absolute Gasteiger partial charge is 1.00 e. The van der Waals surface area contributed by atoms with E-state index in [-0.39, 0.29) is 31.0 Å². The summed E-state index contributed by atoms with van der Waals surface area (Å²) < 4.78 is 0. The van der Waals surface area contributed by atoms with Crippen molar-refractivity contribution >= 4 is 0 Å². The largest absolute Gasteiger partial charge is 1.00 e. The maximum Gasteiger partial charge on any atom is 1.00 e. The molecule has 0 aliphatic heterocycles. The summed E-state index contributed by atoms with van der Waals surface area (Å²) >= 11 is 0. The number of phenolic OH excluding ortho intramolecular Hbond substituents is 1. The number of aromatic hydroxyl groups is 1. The number of hydrogen-bond donors (Lipinski definition) is 1. The normalized spacial score (nSPS) is 8.60. The van der Waals surface area contributed by atoms with Gasteiger partial charge >= 0.3 is 29.6 Å². The molecule has 0 atom stereocenters. The van der Waals surface area contributed by atoms with Crippen LogP contribution >= 0.6 is 0 Å². The third-order valence-corrected chi connectivity index (χ3v) is 1.44. The van der Waals surface area contributed by atoms with Crippen molar-refractivity contribution in [3.8, 4) is 5.75 Å². The maximum atomic E-state index is 9.21. The van der Waals surface area contributed by atoms with Gasteiger partial charge in [-0.3, -0.25) is 0 Å². The van der Waals surface area contributed by atoms with Crippen molar-refractivity contribution in [1.82, 2.24) is 0 Å². The fourth-order valence-electron chi connectivity index (χ4n) is 0.806. The Balaban J connectivity index is 0. The molecule has 1 N–H and O–H groups in total. The van der Waals surface area contributed by atoms with Gasteiger partial charge in [0.1, 0.15) is 5.75 Å². The van der Waals surface area contributed by atoms with Crippen LogP contribution in [-0.2, 0) is 0 Å². The van der Waals surface area contributed by atoms with Crippen LogP contribution in [0.25, 0.3) is 0 Å². The minimum absolute atomic E-state index is 0. The summed E-state index contributed by atoms with van der Waals surface area (Å²) in [5.74, 6) is 0.414. The molecule has 0 radical (unpaired) electrons. The molecule has 10 heavy (non-hydrogen) atoms. The number of rotatable bonds is 0. The van der Waals surface area contributed by atoms with Gasteiger partial charge in [-0.15, -0.1) is 0 Å². The van der Waals surface area contributed by atoms with E-state index in [0.29, 0.717) is 5.75 Å². The number of phenols is 1. The minimum atomic E-state index is 0. The van der Waals surface area contributed by atoms with E-state index in [1.807, 2.05) is 32.0 Å². The first-order valence-corrected chi connectivity index (χ1v) is 2.97. The van der Waals surface area contributed by atoms with E-state index in [4.69, 9.17) is 0 Å². The second-order valence-corrected chi connectivity index (χ2v) is 2.24. The van der Waals surface area contributed by atoms with Crippen LogP contribution in [0.15, 0.2) is 18.2 Å². The quantitative estimate of drug-likeness (QED) is 0.471. The molecule has 1 aromatic carbocycles. The zero-order valence-electron chi connectivity index (χ0n) is 7.68. The van der Waals surface area contributed by atoms with E-state index >= 15 is 0 Å². The molecule has 0 aromatic heterocycles. The Hall–Kier alpha value is 0.0200. The van der Waals surface area contributed by atoms with Gasteiger partial charge in [0.05, 0.1) is 0 Å². The van der Waals surface area contributed by atoms with Gasteiger partial charge in [-0.2, -0.15) is 0 Å². The molecule has 0 saturated carbocycles. The van der Waals surface area contributed by atoms with Crippen LogP contribution in [0.4, 0.5) is 0 Å². The van der Waals surface area contributed by atoms with Crippen LogP contribution in [0.3, 0.4) is 0 Å². The first kappa shape index (κ1) is 10.0. The summed E-state index contributed by atoms with van der Waals surface area (Å²) in [4.78, 5) is 0. The molecule has 0 saturated heterocycles. The first-order chi connectivity index (χ1) is 4.22. The summed E-state index contributed by atoms with van der Waals surface area (Å²) in [5, 5.41) is 9.21. The molecule has 0 spiro atoms. The van der Waals surface area contributed by atoms with Crippen molar-refractivity contribution in [2.24, 2.45) is 0 Å². The summed E-state index contributed by atoms with van der Waals surface area (Å²) in [6.45, 7) is 3.78. The van der Waals surface area contributed by atoms with Crippen molar-refractivity contribution in [3.05, 3.63) is 29.3 Å². The SMILES string of the molecule is Cc1cccc(C)c1O.[H-].[Na+]. The van der Waals surface area contributed by atoms with E-state index in [2.05, 4.69) is 0 Å². The van der Waals surface area contributed by atoms with Crippen molar-refractivity contribution in [2.75, 3.05) is 0 Å². The van der Waals surface area contributed by atoms with Crippen LogP contribution < -0.4 is 29.6 Å². The predicted octanol–water partition coefficient (Wildman–Crippen LogP) is -0.874. The topological polar surface area (TPSA) is 20.2 Å². The maximum absolute atomic E-state index is 9.21. The van der Waals surface area contributed by atoms with Gasteiger partial charge in [-0.25, -0.2) is 0 Å². The van der Waals surface area contributed by atoms with Crippen LogP contribution in [0.2, 0.25) is 0 Å². The summed E-state index contributed by atoms with van der Waals surface area (Å²) in [6, 6.07) is 5.72. The van der Waals surface area contributed by atoms with Crippen LogP contribution in [0.5, 0.6) is 5.75 Å². The Kier molecular flexibility index (Phi) is 4.02. The predicted molar refractivity (Wildman–Crippen MR) is 38.7 cm³/mol. The number of para-hydroxylation sites is 1. The van der Waals surface area contributed by atoms with E-state index in [1.54, 1.807) is 0 Å². The van der Waals surface area contributed by atoms with E-state index in [1.165, 1.54) is 0 Å². The molecule has 0 unspecified atom stereocenters. The molecule has 0 aliphatic carbocycles. The summed E-state index contributed by atoms with van der Waals surface area (Å²) in [6.07, 6.45) is 0. The molecule has 0 fully saturated rings. The standard InChI is InChI=1S/C8H10O.Na.H/c1-6-4-3-5-7(2)8(6)9;;/h3-5,9H,1-2H3;;/q;+1;-1. The monoisotopic (exact) mass is 146 g/mol. The fraction of sp³-hybridized carbons (Fsp3) is 0.250. The Labute approximate surface area is 84.9 Å². The number of aryl methyl sites for hydroxylation is 2. The molecular formula is C8H11NaO. The molecular weight excluding hydrogens is 135 g/mol. The minimum Gasteiger partial charge on any atom is -1.00 e. The van der Waals surface area contributed by atoms with Gasteiger partial charge in [0.25, 0.3) is 0 Å². The average molecular weight is 146 g/mol. The average Bonchev–Trinajstić information content (AvgIpc) is 1.83. The molecule has 50 valence electrons. The van der Waals surface area contributed by atoms with Crippen LogP contribution in [-0.4, -0.2) is 5.11 Å². The molecule has 0 amide bonds. The molecule has 0 bridgehead atoms. The third-order valence-electron chi connectivity index (χ3n) is 1.44. The van der Waals surface area contributed by atoms with Gasteiger partial charge in [-0.1, -0.05) is 18.2 Å². The molecule has 2 heteroatoms. The second-order valence-electron chi connectivity index (χ2n) is 2.24. The summed E-state index contributed by atoms with van der Waals surface area (Å²) in [5.41, 5.74) is 1.88. The Morgan fingerprint density at radius 2 is 1.60 bits per heavy atom. The van der Waals surface area contributed by atoms with Crippen LogP contribution in [0.1, 0.15) is 12.6 Å². The van der Waals surface area contributed by atoms with Gasteiger partial charge in [-0.05, 0) is 25.0 Å². The molecule has 0 aliphatic rings. The zero-order chi connectivity index (χ0) is 6.85. The summed E-state index contributed by atoms with van der Waals surface area (Å²) in [7, 11) is 0. The molecule has 1 nitrogen and oxygen atoms in total. The first-order valence-electron chi connectivity index (χ1n) is 2.97. The number of benzene rings is 1. The van der Waals surface area contributed by atoms with Gasteiger partial charge in [0.15, 0.2) is 0 Å². The third kappa shape index (κ3) is 2.01. The fourth-order valence-corrected chi connectivity index (χ4v) is 0.806. The van der Waals surface area contributed by atoms with Crippen LogP contribution in [0, 0.1) is 13.8 Å². The van der Waals surface area contributed by atoms with E-state index < -0.39 is 0 Å². The Morgan fingerprint density at radius 3 is 1.90 bits per heavy atom. The van der Waals surface area contributed by atoms with Gasteiger partial charge < -0.3 is 6.53 Å². The van der Waals surface area contributed by atoms with E-state index in [9.17, 15) is 5.11 Å². The molecule has 0 heterocycles. The Bertz CT molecular complexity index is 205. The second kappa shape index (κ2) is 4.02. The number of hydrogen-bond acceptors (Lipinski definition) is 1.